The van der Waals surface area contributed by atoms with E-state index in [-0.39, 0.29) is 17.1 Å². The molecule has 0 spiro atoms. The van der Waals surface area contributed by atoms with E-state index in [1.165, 1.54) is 49.4 Å². The van der Waals surface area contributed by atoms with E-state index < -0.39 is 0 Å². The molecule has 5 nitrogen and oxygen atoms in total. The van der Waals surface area contributed by atoms with Gasteiger partial charge in [0, 0.05) is 12.7 Å². The SMILES string of the molecule is COCCn1c(SCC(=O)c2ccc(C3CCCCC3)cc2)nc2ccccc2c1=O. The van der Waals surface area contributed by atoms with Crippen molar-refractivity contribution in [2.24, 2.45) is 0 Å². The molecule has 0 atom stereocenters. The van der Waals surface area contributed by atoms with E-state index >= 15 is 0 Å². The van der Waals surface area contributed by atoms with E-state index in [1.54, 1.807) is 17.7 Å². The molecule has 0 bridgehead atoms. The second kappa shape index (κ2) is 10.2. The fourth-order valence-electron chi connectivity index (χ4n) is 4.23. The number of fused-ring (bicyclic) bond motifs is 1. The summed E-state index contributed by atoms with van der Waals surface area (Å²) < 4.78 is 6.77. The Morgan fingerprint density at radius 1 is 1.10 bits per heavy atom. The van der Waals surface area contributed by atoms with Gasteiger partial charge >= 0.3 is 0 Å². The average Bonchev–Trinajstić information content (AvgIpc) is 2.83. The molecule has 1 saturated carbocycles. The second-order valence-electron chi connectivity index (χ2n) is 8.03. The third kappa shape index (κ3) is 5.08. The summed E-state index contributed by atoms with van der Waals surface area (Å²) in [5.74, 6) is 0.908. The second-order valence-corrected chi connectivity index (χ2v) is 8.97. The quantitative estimate of drug-likeness (QED) is 0.280. The van der Waals surface area contributed by atoms with Gasteiger partial charge in [0.2, 0.25) is 0 Å². The van der Waals surface area contributed by atoms with Gasteiger partial charge in [-0.05, 0) is 36.5 Å². The number of aromatic nitrogens is 2. The van der Waals surface area contributed by atoms with Crippen molar-refractivity contribution in [3.05, 3.63) is 70.0 Å². The number of para-hydroxylation sites is 1. The van der Waals surface area contributed by atoms with Gasteiger partial charge in [0.05, 0.1) is 29.8 Å². The zero-order valence-electron chi connectivity index (χ0n) is 17.9. The van der Waals surface area contributed by atoms with E-state index in [9.17, 15) is 9.59 Å². The first-order valence-electron chi connectivity index (χ1n) is 10.9. The van der Waals surface area contributed by atoms with Crippen molar-refractivity contribution >= 4 is 28.4 Å². The van der Waals surface area contributed by atoms with Crippen molar-refractivity contribution < 1.29 is 9.53 Å². The predicted octanol–water partition coefficient (Wildman–Crippen LogP) is 5.07. The third-order valence-corrected chi connectivity index (χ3v) is 6.96. The van der Waals surface area contributed by atoms with Crippen molar-refractivity contribution in [1.29, 1.82) is 0 Å². The minimum absolute atomic E-state index is 0.0425. The molecular weight excluding hydrogens is 408 g/mol. The van der Waals surface area contributed by atoms with Crippen molar-refractivity contribution in [3.63, 3.8) is 0 Å². The van der Waals surface area contributed by atoms with Crippen molar-refractivity contribution in [2.75, 3.05) is 19.5 Å². The first-order chi connectivity index (χ1) is 15.2. The number of rotatable bonds is 8. The summed E-state index contributed by atoms with van der Waals surface area (Å²) in [6.07, 6.45) is 6.42. The minimum atomic E-state index is -0.102. The average molecular weight is 437 g/mol. The summed E-state index contributed by atoms with van der Waals surface area (Å²) in [6, 6.07) is 15.4. The first-order valence-corrected chi connectivity index (χ1v) is 11.9. The number of carbonyl (C=O) groups excluding carboxylic acids is 1. The fourth-order valence-corrected chi connectivity index (χ4v) is 5.15. The number of ether oxygens (including phenoxy) is 1. The minimum Gasteiger partial charge on any atom is -0.383 e. The van der Waals surface area contributed by atoms with Crippen LogP contribution in [0.1, 0.15) is 53.9 Å². The van der Waals surface area contributed by atoms with Crippen LogP contribution in [0.2, 0.25) is 0 Å². The number of hydrogen-bond donors (Lipinski definition) is 0. The van der Waals surface area contributed by atoms with Gasteiger partial charge in [-0.25, -0.2) is 4.98 Å². The summed E-state index contributed by atoms with van der Waals surface area (Å²) >= 11 is 1.31. The van der Waals surface area contributed by atoms with Gasteiger partial charge in [-0.15, -0.1) is 0 Å². The molecule has 3 aromatic rings. The number of nitrogens with zero attached hydrogens (tertiary/aromatic N) is 2. The zero-order chi connectivity index (χ0) is 21.6. The van der Waals surface area contributed by atoms with Crippen LogP contribution in [-0.4, -0.2) is 34.8 Å². The van der Waals surface area contributed by atoms with Crippen molar-refractivity contribution in [3.8, 4) is 0 Å². The maximum absolute atomic E-state index is 12.9. The molecule has 0 unspecified atom stereocenters. The van der Waals surface area contributed by atoms with Crippen molar-refractivity contribution in [2.45, 2.75) is 49.7 Å². The summed E-state index contributed by atoms with van der Waals surface area (Å²) in [5, 5.41) is 1.13. The summed E-state index contributed by atoms with van der Waals surface area (Å²) in [5.41, 5.74) is 2.59. The molecule has 0 saturated heterocycles. The maximum Gasteiger partial charge on any atom is 0.262 e. The van der Waals surface area contributed by atoms with E-state index in [1.807, 2.05) is 30.3 Å². The highest BCUT2D eigenvalue weighted by molar-refractivity contribution is 7.99. The van der Waals surface area contributed by atoms with E-state index in [4.69, 9.17) is 4.74 Å². The number of thioether (sulfide) groups is 1. The molecule has 2 aromatic carbocycles. The monoisotopic (exact) mass is 436 g/mol. The van der Waals surface area contributed by atoms with Gasteiger partial charge in [0.1, 0.15) is 0 Å². The van der Waals surface area contributed by atoms with Crippen LogP contribution in [0.3, 0.4) is 0 Å². The summed E-state index contributed by atoms with van der Waals surface area (Å²) in [6.45, 7) is 0.809. The zero-order valence-corrected chi connectivity index (χ0v) is 18.7. The molecule has 0 amide bonds. The number of Topliss-reactive ketones (excluding diaryl/α,β-unsaturated/α-hetero) is 1. The Kier molecular flexibility index (Phi) is 7.20. The first kappa shape index (κ1) is 21.8. The van der Waals surface area contributed by atoms with Crippen LogP contribution in [0, 0.1) is 0 Å². The Morgan fingerprint density at radius 2 is 1.84 bits per heavy atom. The van der Waals surface area contributed by atoms with Gasteiger partial charge < -0.3 is 4.74 Å². The van der Waals surface area contributed by atoms with E-state index in [2.05, 4.69) is 17.1 Å². The standard InChI is InChI=1S/C25H28N2O3S/c1-30-16-15-27-24(29)21-9-5-6-10-22(21)26-25(27)31-17-23(28)20-13-11-19(12-14-20)18-7-3-2-4-8-18/h5-6,9-14,18H,2-4,7-8,15-17H2,1H3. The van der Waals surface area contributed by atoms with Gasteiger partial charge in [-0.2, -0.15) is 0 Å². The molecule has 0 N–H and O–H groups in total. The predicted molar refractivity (Wildman–Crippen MR) is 125 cm³/mol. The topological polar surface area (TPSA) is 61.2 Å². The van der Waals surface area contributed by atoms with Gasteiger partial charge in [0.25, 0.3) is 5.56 Å². The van der Waals surface area contributed by atoms with Gasteiger partial charge in [0.15, 0.2) is 10.9 Å². The van der Waals surface area contributed by atoms with Crippen LogP contribution in [0.15, 0.2) is 58.5 Å². The Labute approximate surface area is 186 Å². The highest BCUT2D eigenvalue weighted by atomic mass is 32.2. The molecule has 1 aliphatic rings. The Morgan fingerprint density at radius 3 is 2.58 bits per heavy atom. The van der Waals surface area contributed by atoms with Gasteiger partial charge in [-0.3, -0.25) is 14.2 Å². The highest BCUT2D eigenvalue weighted by Gasteiger charge is 2.17. The molecule has 6 heteroatoms. The van der Waals surface area contributed by atoms with Crippen molar-refractivity contribution in [1.82, 2.24) is 9.55 Å². The Balaban J connectivity index is 1.50. The Hall–Kier alpha value is -2.44. The van der Waals surface area contributed by atoms with Crippen LogP contribution in [-0.2, 0) is 11.3 Å². The molecule has 1 aromatic heterocycles. The lowest BCUT2D eigenvalue weighted by Gasteiger charge is -2.22. The molecule has 1 fully saturated rings. The number of carbonyl (C=O) groups is 1. The lowest BCUT2D eigenvalue weighted by atomic mass is 9.84. The van der Waals surface area contributed by atoms with Crippen LogP contribution in [0.5, 0.6) is 0 Å². The number of benzene rings is 2. The summed E-state index contributed by atoms with van der Waals surface area (Å²) in [7, 11) is 1.60. The molecule has 0 aliphatic heterocycles. The molecule has 31 heavy (non-hydrogen) atoms. The maximum atomic E-state index is 12.9. The molecule has 4 rings (SSSR count). The third-order valence-electron chi connectivity index (χ3n) is 5.99. The fraction of sp³-hybridized carbons (Fsp3) is 0.400. The molecule has 1 aliphatic carbocycles. The molecule has 0 radical (unpaired) electrons. The molecular formula is C25H28N2O3S. The molecule has 162 valence electrons. The number of methoxy groups -OCH3 is 1. The Bertz CT molecular complexity index is 1100. The summed E-state index contributed by atoms with van der Waals surface area (Å²) in [4.78, 5) is 30.4. The van der Waals surface area contributed by atoms with E-state index in [0.717, 1.165) is 0 Å². The number of hydrogen-bond acceptors (Lipinski definition) is 5. The highest BCUT2D eigenvalue weighted by Crippen LogP contribution is 2.32. The van der Waals surface area contributed by atoms with Crippen LogP contribution in [0.25, 0.3) is 10.9 Å². The number of ketones is 1. The van der Waals surface area contributed by atoms with Crippen LogP contribution >= 0.6 is 11.8 Å². The lowest BCUT2D eigenvalue weighted by molar-refractivity contribution is 0.102. The van der Waals surface area contributed by atoms with Crippen LogP contribution in [0.4, 0.5) is 0 Å². The van der Waals surface area contributed by atoms with E-state index in [0.29, 0.717) is 40.7 Å². The molecule has 1 heterocycles. The van der Waals surface area contributed by atoms with Crippen LogP contribution < -0.4 is 5.56 Å². The normalized spacial score (nSPS) is 14.7. The largest absolute Gasteiger partial charge is 0.383 e. The smallest absolute Gasteiger partial charge is 0.262 e. The lowest BCUT2D eigenvalue weighted by Crippen LogP contribution is -2.25. The van der Waals surface area contributed by atoms with Gasteiger partial charge in [-0.1, -0.05) is 67.4 Å².